The lowest BCUT2D eigenvalue weighted by atomic mass is 10.1. The molecule has 22 heavy (non-hydrogen) atoms. The molecule has 0 saturated carbocycles. The summed E-state index contributed by atoms with van der Waals surface area (Å²) in [5.41, 5.74) is 0.657. The van der Waals surface area contributed by atoms with Crippen molar-refractivity contribution in [1.29, 1.82) is 0 Å². The third kappa shape index (κ3) is 7.45. The highest BCUT2D eigenvalue weighted by Crippen LogP contribution is 2.07. The topological polar surface area (TPSA) is 68.2 Å². The molecule has 2 N–H and O–H groups in total. The molecule has 1 aromatic heterocycles. The molecule has 1 aromatic rings. The standard InChI is InChI=1S/C16H30N4O2/c1-6-7-8-13(11-18-15(21)22-16(2,3)4)17-12-14-9-10-19-20(14)5/h9-10,13,17H,6-8,11-12H2,1-5H3,(H,18,21). The Labute approximate surface area is 133 Å². The lowest BCUT2D eigenvalue weighted by Crippen LogP contribution is -2.42. The first kappa shape index (κ1) is 18.5. The van der Waals surface area contributed by atoms with Gasteiger partial charge in [0.15, 0.2) is 0 Å². The summed E-state index contributed by atoms with van der Waals surface area (Å²) in [5, 5.41) is 10.5. The minimum Gasteiger partial charge on any atom is -0.444 e. The van der Waals surface area contributed by atoms with Gasteiger partial charge in [0.05, 0.1) is 5.69 Å². The maximum absolute atomic E-state index is 11.7. The molecule has 0 aromatic carbocycles. The van der Waals surface area contributed by atoms with Gasteiger partial charge in [0.2, 0.25) is 0 Å². The number of nitrogens with zero attached hydrogens (tertiary/aromatic N) is 2. The summed E-state index contributed by atoms with van der Waals surface area (Å²) in [6.07, 6.45) is 4.70. The van der Waals surface area contributed by atoms with E-state index in [0.29, 0.717) is 6.54 Å². The van der Waals surface area contributed by atoms with Gasteiger partial charge in [-0.25, -0.2) is 4.79 Å². The predicted octanol–water partition coefficient (Wildman–Crippen LogP) is 2.59. The fourth-order valence-electron chi connectivity index (χ4n) is 2.07. The minimum atomic E-state index is -0.467. The van der Waals surface area contributed by atoms with E-state index >= 15 is 0 Å². The molecule has 0 aliphatic rings. The Kier molecular flexibility index (Phi) is 7.38. The number of hydrogen-bond acceptors (Lipinski definition) is 4. The Morgan fingerprint density at radius 3 is 2.73 bits per heavy atom. The van der Waals surface area contributed by atoms with Crippen LogP contribution in [0.25, 0.3) is 0 Å². The normalized spacial score (nSPS) is 13.0. The van der Waals surface area contributed by atoms with E-state index in [0.717, 1.165) is 31.5 Å². The van der Waals surface area contributed by atoms with Crippen LogP contribution in [0.5, 0.6) is 0 Å². The van der Waals surface area contributed by atoms with Gasteiger partial charge in [0, 0.05) is 32.4 Å². The highest BCUT2D eigenvalue weighted by Gasteiger charge is 2.17. The second-order valence-electron chi connectivity index (χ2n) is 6.55. The monoisotopic (exact) mass is 310 g/mol. The maximum Gasteiger partial charge on any atom is 0.407 e. The number of aromatic nitrogens is 2. The van der Waals surface area contributed by atoms with Crippen molar-refractivity contribution >= 4 is 6.09 Å². The van der Waals surface area contributed by atoms with Gasteiger partial charge < -0.3 is 15.4 Å². The number of amides is 1. The van der Waals surface area contributed by atoms with E-state index in [4.69, 9.17) is 4.74 Å². The van der Waals surface area contributed by atoms with E-state index in [9.17, 15) is 4.79 Å². The number of unbranched alkanes of at least 4 members (excludes halogenated alkanes) is 1. The van der Waals surface area contributed by atoms with Crippen molar-refractivity contribution in [2.75, 3.05) is 6.54 Å². The summed E-state index contributed by atoms with van der Waals surface area (Å²) in [6.45, 7) is 9.05. The van der Waals surface area contributed by atoms with Gasteiger partial charge in [-0.05, 0) is 33.3 Å². The molecule has 0 bridgehead atoms. The molecule has 0 aliphatic carbocycles. The highest BCUT2D eigenvalue weighted by molar-refractivity contribution is 5.67. The molecule has 0 saturated heterocycles. The maximum atomic E-state index is 11.7. The molecular weight excluding hydrogens is 280 g/mol. The van der Waals surface area contributed by atoms with Gasteiger partial charge in [-0.15, -0.1) is 0 Å². The molecule has 6 nitrogen and oxygen atoms in total. The quantitative estimate of drug-likeness (QED) is 0.774. The molecule has 0 aliphatic heterocycles. The van der Waals surface area contributed by atoms with Crippen LogP contribution in [-0.2, 0) is 18.3 Å². The van der Waals surface area contributed by atoms with Crippen molar-refractivity contribution in [3.63, 3.8) is 0 Å². The number of aryl methyl sites for hydroxylation is 1. The fourth-order valence-corrected chi connectivity index (χ4v) is 2.07. The van der Waals surface area contributed by atoms with Crippen LogP contribution in [0.2, 0.25) is 0 Å². The van der Waals surface area contributed by atoms with Crippen LogP contribution in [0.4, 0.5) is 4.79 Å². The van der Waals surface area contributed by atoms with Gasteiger partial charge in [0.25, 0.3) is 0 Å². The van der Waals surface area contributed by atoms with Crippen LogP contribution in [0.3, 0.4) is 0 Å². The van der Waals surface area contributed by atoms with Crippen LogP contribution < -0.4 is 10.6 Å². The van der Waals surface area contributed by atoms with E-state index in [1.165, 1.54) is 0 Å². The van der Waals surface area contributed by atoms with Gasteiger partial charge in [-0.1, -0.05) is 19.8 Å². The van der Waals surface area contributed by atoms with Gasteiger partial charge in [-0.2, -0.15) is 5.10 Å². The Balaban J connectivity index is 2.43. The van der Waals surface area contributed by atoms with Gasteiger partial charge in [0.1, 0.15) is 5.60 Å². The lowest BCUT2D eigenvalue weighted by Gasteiger charge is -2.22. The van der Waals surface area contributed by atoms with Crippen molar-refractivity contribution in [1.82, 2.24) is 20.4 Å². The SMILES string of the molecule is CCCCC(CNC(=O)OC(C)(C)C)NCc1ccnn1C. The number of nitrogens with one attached hydrogen (secondary N) is 2. The van der Waals surface area contributed by atoms with Crippen molar-refractivity contribution in [3.05, 3.63) is 18.0 Å². The molecule has 1 unspecified atom stereocenters. The number of carbonyl (C=O) groups is 1. The third-order valence-corrected chi connectivity index (χ3v) is 3.29. The molecule has 0 spiro atoms. The van der Waals surface area contributed by atoms with Crippen LogP contribution in [0.1, 0.15) is 52.7 Å². The largest absolute Gasteiger partial charge is 0.444 e. The number of alkyl carbamates (subject to hydrolysis) is 1. The predicted molar refractivity (Wildman–Crippen MR) is 87.6 cm³/mol. The van der Waals surface area contributed by atoms with Crippen LogP contribution in [0.15, 0.2) is 12.3 Å². The van der Waals surface area contributed by atoms with Gasteiger partial charge in [-0.3, -0.25) is 4.68 Å². The Morgan fingerprint density at radius 2 is 2.18 bits per heavy atom. The molecule has 0 fully saturated rings. The average Bonchev–Trinajstić information content (AvgIpc) is 2.81. The Morgan fingerprint density at radius 1 is 1.45 bits per heavy atom. The van der Waals surface area contributed by atoms with Crippen molar-refractivity contribution in [2.24, 2.45) is 7.05 Å². The van der Waals surface area contributed by atoms with E-state index < -0.39 is 5.60 Å². The first-order chi connectivity index (χ1) is 10.3. The molecule has 1 rings (SSSR count). The fraction of sp³-hybridized carbons (Fsp3) is 0.750. The summed E-state index contributed by atoms with van der Waals surface area (Å²) in [4.78, 5) is 11.7. The molecule has 1 atom stereocenters. The summed E-state index contributed by atoms with van der Waals surface area (Å²) >= 11 is 0. The van der Waals surface area contributed by atoms with Gasteiger partial charge >= 0.3 is 6.09 Å². The van der Waals surface area contributed by atoms with Crippen molar-refractivity contribution in [2.45, 2.75) is 65.1 Å². The van der Waals surface area contributed by atoms with Crippen molar-refractivity contribution < 1.29 is 9.53 Å². The molecule has 1 amide bonds. The minimum absolute atomic E-state index is 0.224. The Bertz CT molecular complexity index is 451. The molecule has 1 heterocycles. The zero-order valence-corrected chi connectivity index (χ0v) is 14.5. The second-order valence-corrected chi connectivity index (χ2v) is 6.55. The third-order valence-electron chi connectivity index (χ3n) is 3.29. The molecule has 6 heteroatoms. The van der Waals surface area contributed by atoms with E-state index in [-0.39, 0.29) is 12.1 Å². The van der Waals surface area contributed by atoms with Crippen LogP contribution in [0, 0.1) is 0 Å². The number of rotatable bonds is 8. The summed E-state index contributed by atoms with van der Waals surface area (Å²) in [5.74, 6) is 0. The van der Waals surface area contributed by atoms with Crippen LogP contribution >= 0.6 is 0 Å². The summed E-state index contributed by atoms with van der Waals surface area (Å²) < 4.78 is 7.12. The highest BCUT2D eigenvalue weighted by atomic mass is 16.6. The molecule has 126 valence electrons. The average molecular weight is 310 g/mol. The molecular formula is C16H30N4O2. The first-order valence-electron chi connectivity index (χ1n) is 7.99. The second kappa shape index (κ2) is 8.78. The zero-order chi connectivity index (χ0) is 16.6. The van der Waals surface area contributed by atoms with Crippen molar-refractivity contribution in [3.8, 4) is 0 Å². The molecule has 0 radical (unpaired) electrons. The number of hydrogen-bond donors (Lipinski definition) is 2. The smallest absolute Gasteiger partial charge is 0.407 e. The number of ether oxygens (including phenoxy) is 1. The summed E-state index contributed by atoms with van der Waals surface area (Å²) in [6, 6.07) is 2.22. The van der Waals surface area contributed by atoms with E-state index in [1.54, 1.807) is 6.20 Å². The van der Waals surface area contributed by atoms with E-state index in [2.05, 4.69) is 22.7 Å². The van der Waals surface area contributed by atoms with E-state index in [1.807, 2.05) is 38.6 Å². The summed E-state index contributed by atoms with van der Waals surface area (Å²) in [7, 11) is 1.93. The Hall–Kier alpha value is -1.56. The lowest BCUT2D eigenvalue weighted by molar-refractivity contribution is 0.0521. The van der Waals surface area contributed by atoms with Crippen LogP contribution in [-0.4, -0.2) is 34.1 Å². The zero-order valence-electron chi connectivity index (χ0n) is 14.5. The first-order valence-corrected chi connectivity index (χ1v) is 7.99. The number of carbonyl (C=O) groups excluding carboxylic acids is 1.